The van der Waals surface area contributed by atoms with Crippen LogP contribution >= 0.6 is 24.8 Å². The molecule has 0 saturated carbocycles. The number of nitrogens with zero attached hydrogens (tertiary/aromatic N) is 3. The molecule has 0 saturated heterocycles. The fraction of sp³-hybridized carbons (Fsp3) is 0. The third-order valence-corrected chi connectivity index (χ3v) is 2.16. The van der Waals surface area contributed by atoms with Gasteiger partial charge in [0.15, 0.2) is 0 Å². The molecule has 0 unspecified atom stereocenters. The maximum absolute atomic E-state index is 4.48. The van der Waals surface area contributed by atoms with Gasteiger partial charge in [-0.3, -0.25) is 9.97 Å². The van der Waals surface area contributed by atoms with Gasteiger partial charge in [0.05, 0.1) is 22.9 Å². The topological polar surface area (TPSA) is 38.7 Å². The van der Waals surface area contributed by atoms with E-state index in [4.69, 9.17) is 0 Å². The van der Waals surface area contributed by atoms with Crippen molar-refractivity contribution in [2.24, 2.45) is 0 Å². The third-order valence-electron chi connectivity index (χ3n) is 2.16. The molecule has 0 N–H and O–H groups in total. The fourth-order valence-electron chi connectivity index (χ4n) is 1.46. The lowest BCUT2D eigenvalue weighted by Gasteiger charge is -1.87. The summed E-state index contributed by atoms with van der Waals surface area (Å²) in [7, 11) is 0. The van der Waals surface area contributed by atoms with Crippen LogP contribution in [0.5, 0.6) is 0 Å². The van der Waals surface area contributed by atoms with E-state index in [-0.39, 0.29) is 24.8 Å². The summed E-state index contributed by atoms with van der Waals surface area (Å²) in [6, 6.07) is 9.70. The van der Waals surface area contributed by atoms with Crippen LogP contribution in [0.3, 0.4) is 0 Å². The number of benzene rings is 1. The molecule has 0 spiro atoms. The highest BCUT2D eigenvalue weighted by Gasteiger charge is 2.03. The van der Waals surface area contributed by atoms with Crippen LogP contribution in [0.2, 0.25) is 0 Å². The van der Waals surface area contributed by atoms with Crippen molar-refractivity contribution >= 4 is 35.8 Å². The van der Waals surface area contributed by atoms with E-state index in [2.05, 4.69) is 15.0 Å². The summed E-state index contributed by atoms with van der Waals surface area (Å²) in [6.07, 6.45) is 3.50. The van der Waals surface area contributed by atoms with Crippen LogP contribution in [0.1, 0.15) is 0 Å². The van der Waals surface area contributed by atoms with Crippen LogP contribution < -0.4 is 0 Å². The van der Waals surface area contributed by atoms with Crippen molar-refractivity contribution < 1.29 is 0 Å². The number of rotatable bonds is 0. The van der Waals surface area contributed by atoms with Gasteiger partial charge in [-0.25, -0.2) is 4.98 Å². The van der Waals surface area contributed by atoms with Gasteiger partial charge in [-0.15, -0.1) is 24.8 Å². The van der Waals surface area contributed by atoms with Crippen LogP contribution in [0, 0.1) is 0 Å². The molecule has 3 nitrogen and oxygen atoms in total. The first-order chi connectivity index (χ1) is 6.93. The molecule has 0 atom stereocenters. The van der Waals surface area contributed by atoms with E-state index in [1.54, 1.807) is 12.4 Å². The Labute approximate surface area is 105 Å². The molecular formula is C11H9Cl2N3. The van der Waals surface area contributed by atoms with Gasteiger partial charge in [-0.2, -0.15) is 0 Å². The molecular weight excluding hydrogens is 245 g/mol. The number of hydrogen-bond donors (Lipinski definition) is 0. The van der Waals surface area contributed by atoms with Crippen LogP contribution in [0.25, 0.3) is 22.4 Å². The first kappa shape index (κ1) is 12.6. The highest BCUT2D eigenvalue weighted by Crippen LogP contribution is 2.17. The van der Waals surface area contributed by atoms with Crippen LogP contribution in [-0.2, 0) is 0 Å². The van der Waals surface area contributed by atoms with Crippen molar-refractivity contribution in [1.29, 1.82) is 0 Å². The van der Waals surface area contributed by atoms with Crippen LogP contribution in [0.4, 0.5) is 0 Å². The summed E-state index contributed by atoms with van der Waals surface area (Å²) in [5.74, 6) is 0. The largest absolute Gasteiger partial charge is 0.253 e. The Morgan fingerprint density at radius 1 is 0.750 bits per heavy atom. The van der Waals surface area contributed by atoms with Crippen LogP contribution in [0.15, 0.2) is 42.7 Å². The first-order valence-corrected chi connectivity index (χ1v) is 4.40. The summed E-state index contributed by atoms with van der Waals surface area (Å²) in [5.41, 5.74) is 3.51. The smallest absolute Gasteiger partial charge is 0.107 e. The van der Waals surface area contributed by atoms with Gasteiger partial charge in [0.1, 0.15) is 5.69 Å². The quantitative estimate of drug-likeness (QED) is 0.619. The lowest BCUT2D eigenvalue weighted by atomic mass is 10.3. The van der Waals surface area contributed by atoms with E-state index in [0.717, 1.165) is 22.4 Å². The molecule has 2 heterocycles. The second-order valence-corrected chi connectivity index (χ2v) is 3.07. The Morgan fingerprint density at radius 3 is 2.31 bits per heavy atom. The Balaban J connectivity index is 0.000000640. The summed E-state index contributed by atoms with van der Waals surface area (Å²) < 4.78 is 0. The minimum Gasteiger partial charge on any atom is -0.253 e. The monoisotopic (exact) mass is 253 g/mol. The number of fused-ring (bicyclic) bond motifs is 2. The normalized spacial score (nSPS) is 9.50. The second kappa shape index (κ2) is 5.05. The SMILES string of the molecule is Cl.Cl.c1ccc2nc3ccnc-3cnc2c1. The summed E-state index contributed by atoms with van der Waals surface area (Å²) in [6.45, 7) is 0. The predicted octanol–water partition coefficient (Wildman–Crippen LogP) is 2.97. The molecule has 0 aromatic heterocycles. The Hall–Kier alpha value is -1.45. The summed E-state index contributed by atoms with van der Waals surface area (Å²) >= 11 is 0. The lowest BCUT2D eigenvalue weighted by molar-refractivity contribution is 1.34. The van der Waals surface area contributed by atoms with Crippen molar-refractivity contribution in [2.45, 2.75) is 0 Å². The van der Waals surface area contributed by atoms with Gasteiger partial charge in [-0.05, 0) is 18.2 Å². The lowest BCUT2D eigenvalue weighted by Crippen LogP contribution is -1.74. The predicted molar refractivity (Wildman–Crippen MR) is 68.5 cm³/mol. The van der Waals surface area contributed by atoms with Crippen molar-refractivity contribution in [3.8, 4) is 11.4 Å². The average Bonchev–Trinajstić information content (AvgIpc) is 2.58. The Bertz CT molecular complexity index is 571. The molecule has 3 rings (SSSR count). The van der Waals surface area contributed by atoms with E-state index < -0.39 is 0 Å². The standard InChI is InChI=1S/C11H7N3.2ClH/c1-2-4-9-8(3-1)13-7-11-10(14-9)5-6-12-11;;/h1-7H;2*1H. The van der Waals surface area contributed by atoms with E-state index in [9.17, 15) is 0 Å². The molecule has 0 fully saturated rings. The van der Waals surface area contributed by atoms with E-state index >= 15 is 0 Å². The van der Waals surface area contributed by atoms with Gasteiger partial charge in [0.2, 0.25) is 0 Å². The third kappa shape index (κ3) is 2.05. The number of aromatic nitrogens is 3. The number of halogens is 2. The zero-order valence-electron chi connectivity index (χ0n) is 8.20. The zero-order chi connectivity index (χ0) is 9.38. The van der Waals surface area contributed by atoms with Gasteiger partial charge < -0.3 is 0 Å². The number of para-hydroxylation sites is 2. The number of hydrogen-bond acceptors (Lipinski definition) is 3. The van der Waals surface area contributed by atoms with E-state index in [0.29, 0.717) is 0 Å². The molecule has 2 aliphatic rings. The van der Waals surface area contributed by atoms with Gasteiger partial charge in [-0.1, -0.05) is 12.1 Å². The summed E-state index contributed by atoms with van der Waals surface area (Å²) in [4.78, 5) is 13.0. The first-order valence-electron chi connectivity index (χ1n) is 4.40. The maximum Gasteiger partial charge on any atom is 0.107 e. The average molecular weight is 254 g/mol. The molecule has 82 valence electrons. The van der Waals surface area contributed by atoms with Gasteiger partial charge in [0, 0.05) is 6.20 Å². The maximum atomic E-state index is 4.48. The highest BCUT2D eigenvalue weighted by atomic mass is 35.5. The second-order valence-electron chi connectivity index (χ2n) is 3.07. The van der Waals surface area contributed by atoms with Crippen molar-refractivity contribution in [2.75, 3.05) is 0 Å². The molecule has 0 amide bonds. The Kier molecular flexibility index (Phi) is 3.99. The van der Waals surface area contributed by atoms with Gasteiger partial charge in [0.25, 0.3) is 0 Å². The fourth-order valence-corrected chi connectivity index (χ4v) is 1.46. The molecule has 2 aliphatic heterocycles. The Morgan fingerprint density at radius 2 is 1.50 bits per heavy atom. The van der Waals surface area contributed by atoms with E-state index in [1.165, 1.54) is 0 Å². The van der Waals surface area contributed by atoms with Crippen molar-refractivity contribution in [1.82, 2.24) is 15.0 Å². The molecule has 0 aliphatic carbocycles. The van der Waals surface area contributed by atoms with Gasteiger partial charge >= 0.3 is 0 Å². The zero-order valence-corrected chi connectivity index (χ0v) is 9.83. The molecule has 1 aromatic rings. The molecule has 16 heavy (non-hydrogen) atoms. The van der Waals surface area contributed by atoms with Crippen molar-refractivity contribution in [3.05, 3.63) is 42.7 Å². The minimum atomic E-state index is 0. The van der Waals surface area contributed by atoms with Crippen LogP contribution in [-0.4, -0.2) is 15.0 Å². The molecule has 5 heteroatoms. The van der Waals surface area contributed by atoms with E-state index in [1.807, 2.05) is 30.3 Å². The minimum absolute atomic E-state index is 0. The molecule has 1 aromatic carbocycles. The molecule has 0 radical (unpaired) electrons. The molecule has 0 bridgehead atoms. The highest BCUT2D eigenvalue weighted by molar-refractivity contribution is 5.85. The van der Waals surface area contributed by atoms with Crippen molar-refractivity contribution in [3.63, 3.8) is 0 Å². The summed E-state index contributed by atoms with van der Waals surface area (Å²) in [5, 5.41) is 0.